The fourth-order valence-electron chi connectivity index (χ4n) is 5.51. The summed E-state index contributed by atoms with van der Waals surface area (Å²) in [6.45, 7) is 4.34. The molecule has 0 amide bonds. The average molecular weight is 411 g/mol. The van der Waals surface area contributed by atoms with Crippen molar-refractivity contribution in [3.05, 3.63) is 82.2 Å². The van der Waals surface area contributed by atoms with Crippen LogP contribution in [-0.4, -0.2) is 32.1 Å². The fourth-order valence-corrected chi connectivity index (χ4v) is 5.51. The van der Waals surface area contributed by atoms with E-state index in [9.17, 15) is 4.79 Å². The third kappa shape index (κ3) is 2.87. The maximum atomic E-state index is 13.0. The van der Waals surface area contributed by atoms with E-state index in [0.717, 1.165) is 35.5 Å². The van der Waals surface area contributed by atoms with Crippen LogP contribution in [0.1, 0.15) is 35.8 Å². The third-order valence-corrected chi connectivity index (χ3v) is 7.12. The van der Waals surface area contributed by atoms with E-state index in [1.807, 2.05) is 37.5 Å². The van der Waals surface area contributed by atoms with Crippen molar-refractivity contribution in [2.75, 3.05) is 13.1 Å². The molecule has 0 bridgehead atoms. The first-order valence-corrected chi connectivity index (χ1v) is 11.1. The van der Waals surface area contributed by atoms with Crippen LogP contribution in [0.5, 0.6) is 0 Å². The Morgan fingerprint density at radius 2 is 1.94 bits per heavy atom. The first-order valence-electron chi connectivity index (χ1n) is 11.1. The minimum atomic E-state index is -0.0293. The molecule has 1 saturated heterocycles. The van der Waals surface area contributed by atoms with E-state index in [4.69, 9.17) is 0 Å². The van der Waals surface area contributed by atoms with Gasteiger partial charge in [-0.2, -0.15) is 0 Å². The van der Waals surface area contributed by atoms with Gasteiger partial charge >= 0.3 is 0 Å². The summed E-state index contributed by atoms with van der Waals surface area (Å²) < 4.78 is 4.08. The lowest BCUT2D eigenvalue weighted by Gasteiger charge is -2.30. The molecular formula is C26H26N4O. The minimum Gasteiger partial charge on any atom is -0.347 e. The molecule has 5 heterocycles. The van der Waals surface area contributed by atoms with Crippen LogP contribution in [-0.2, 0) is 13.5 Å². The minimum absolute atomic E-state index is 0.0293. The van der Waals surface area contributed by atoms with Crippen LogP contribution in [0.15, 0.2) is 59.7 Å². The highest BCUT2D eigenvalue weighted by molar-refractivity contribution is 5.88. The molecule has 0 saturated carbocycles. The lowest BCUT2D eigenvalue weighted by molar-refractivity contribution is 0.242. The van der Waals surface area contributed by atoms with Crippen molar-refractivity contribution in [3.8, 4) is 16.8 Å². The molecule has 3 aromatic heterocycles. The first kappa shape index (κ1) is 18.6. The summed E-state index contributed by atoms with van der Waals surface area (Å²) in [4.78, 5) is 20.0. The molecule has 1 atom stereocenters. The molecule has 31 heavy (non-hydrogen) atoms. The zero-order chi connectivity index (χ0) is 21.1. The van der Waals surface area contributed by atoms with Crippen LogP contribution in [0, 0.1) is 6.92 Å². The lowest BCUT2D eigenvalue weighted by Crippen LogP contribution is -2.31. The number of hydrogen-bond donors (Lipinski definition) is 0. The van der Waals surface area contributed by atoms with Gasteiger partial charge in [0.1, 0.15) is 0 Å². The van der Waals surface area contributed by atoms with Crippen molar-refractivity contribution >= 4 is 10.9 Å². The lowest BCUT2D eigenvalue weighted by atomic mass is 9.96. The zero-order valence-corrected chi connectivity index (χ0v) is 18.0. The standard InChI is InChI=1S/C26H26N4O/c1-17-5-6-19(16-27-17)18-9-13-30(25(31)14-18)20-7-8-21-24(15-20)28(2)22-10-12-29-11-3-4-23(29)26(21)22/h5-9,13-16,23H,3-4,10-12H2,1-2H3. The van der Waals surface area contributed by atoms with E-state index in [2.05, 4.69) is 39.7 Å². The van der Waals surface area contributed by atoms with Gasteiger partial charge in [0.05, 0.1) is 11.2 Å². The van der Waals surface area contributed by atoms with Crippen molar-refractivity contribution < 1.29 is 0 Å². The van der Waals surface area contributed by atoms with Crippen LogP contribution in [0.25, 0.3) is 27.7 Å². The molecule has 4 aromatic rings. The smallest absolute Gasteiger partial charge is 0.255 e. The predicted molar refractivity (Wildman–Crippen MR) is 124 cm³/mol. The van der Waals surface area contributed by atoms with Crippen LogP contribution < -0.4 is 5.56 Å². The SMILES string of the molecule is Cc1ccc(-c2ccn(-c3ccc4c5c(n(C)c4c3)CCN3CCCC53)c(=O)c2)cn1. The Kier molecular flexibility index (Phi) is 4.15. The van der Waals surface area contributed by atoms with Gasteiger partial charge in [-0.1, -0.05) is 12.1 Å². The molecule has 156 valence electrons. The predicted octanol–water partition coefficient (Wildman–Crippen LogP) is 4.39. The summed E-state index contributed by atoms with van der Waals surface area (Å²) in [6, 6.07) is 14.7. The van der Waals surface area contributed by atoms with Gasteiger partial charge in [0, 0.05) is 66.9 Å². The van der Waals surface area contributed by atoms with Crippen molar-refractivity contribution in [1.29, 1.82) is 0 Å². The Labute approximate surface area is 181 Å². The molecule has 2 aliphatic rings. The molecule has 1 unspecified atom stereocenters. The Morgan fingerprint density at radius 3 is 2.74 bits per heavy atom. The highest BCUT2D eigenvalue weighted by Gasteiger charge is 2.34. The summed E-state index contributed by atoms with van der Waals surface area (Å²) in [5.41, 5.74) is 7.90. The van der Waals surface area contributed by atoms with Crippen LogP contribution >= 0.6 is 0 Å². The first-order chi connectivity index (χ1) is 15.1. The molecule has 5 heteroatoms. The van der Waals surface area contributed by atoms with Gasteiger partial charge in [0.15, 0.2) is 0 Å². The summed E-state index contributed by atoms with van der Waals surface area (Å²) in [6.07, 6.45) is 7.34. The molecule has 0 spiro atoms. The van der Waals surface area contributed by atoms with Gasteiger partial charge in [-0.3, -0.25) is 19.2 Å². The van der Waals surface area contributed by atoms with Gasteiger partial charge in [0.2, 0.25) is 0 Å². The van der Waals surface area contributed by atoms with Crippen LogP contribution in [0.3, 0.4) is 0 Å². The van der Waals surface area contributed by atoms with Crippen molar-refractivity contribution in [3.63, 3.8) is 0 Å². The second kappa shape index (κ2) is 6.92. The Morgan fingerprint density at radius 1 is 1.03 bits per heavy atom. The van der Waals surface area contributed by atoms with Gasteiger partial charge in [-0.05, 0) is 61.7 Å². The van der Waals surface area contributed by atoms with Crippen molar-refractivity contribution in [2.24, 2.45) is 7.05 Å². The van der Waals surface area contributed by atoms with E-state index in [1.165, 1.54) is 41.5 Å². The number of pyridine rings is 2. The number of hydrogen-bond acceptors (Lipinski definition) is 3. The third-order valence-electron chi connectivity index (χ3n) is 7.12. The van der Waals surface area contributed by atoms with Gasteiger partial charge in [-0.15, -0.1) is 0 Å². The molecule has 5 nitrogen and oxygen atoms in total. The monoisotopic (exact) mass is 410 g/mol. The summed E-state index contributed by atoms with van der Waals surface area (Å²) in [7, 11) is 2.17. The number of rotatable bonds is 2. The van der Waals surface area contributed by atoms with Crippen LogP contribution in [0.2, 0.25) is 0 Å². The highest BCUT2D eigenvalue weighted by atomic mass is 16.1. The second-order valence-corrected chi connectivity index (χ2v) is 8.88. The van der Waals surface area contributed by atoms with Crippen molar-refractivity contribution in [1.82, 2.24) is 19.0 Å². The molecule has 6 rings (SSSR count). The molecule has 0 N–H and O–H groups in total. The van der Waals surface area contributed by atoms with Gasteiger partial charge < -0.3 is 4.57 Å². The zero-order valence-electron chi connectivity index (χ0n) is 18.0. The number of aryl methyl sites for hydroxylation is 2. The van der Waals surface area contributed by atoms with E-state index in [-0.39, 0.29) is 5.56 Å². The average Bonchev–Trinajstić information content (AvgIpc) is 3.37. The van der Waals surface area contributed by atoms with Crippen molar-refractivity contribution in [2.45, 2.75) is 32.2 Å². The molecule has 1 aromatic carbocycles. The van der Waals surface area contributed by atoms with E-state index < -0.39 is 0 Å². The molecule has 0 aliphatic carbocycles. The largest absolute Gasteiger partial charge is 0.347 e. The highest BCUT2D eigenvalue weighted by Crippen LogP contribution is 2.42. The van der Waals surface area contributed by atoms with Crippen LogP contribution in [0.4, 0.5) is 0 Å². The topological polar surface area (TPSA) is 43.1 Å². The Bertz CT molecular complexity index is 1360. The normalized spacial score (nSPS) is 18.3. The number of nitrogens with zero attached hydrogens (tertiary/aromatic N) is 4. The fraction of sp³-hybridized carbons (Fsp3) is 0.308. The maximum Gasteiger partial charge on any atom is 0.255 e. The molecule has 2 aliphatic heterocycles. The molecule has 0 radical (unpaired) electrons. The Balaban J connectivity index is 1.43. The molecule has 1 fully saturated rings. The molecular weight excluding hydrogens is 384 g/mol. The number of aromatic nitrogens is 3. The van der Waals surface area contributed by atoms with E-state index >= 15 is 0 Å². The second-order valence-electron chi connectivity index (χ2n) is 8.88. The summed E-state index contributed by atoms with van der Waals surface area (Å²) in [5.74, 6) is 0. The number of benzene rings is 1. The summed E-state index contributed by atoms with van der Waals surface area (Å²) in [5, 5.41) is 1.34. The van der Waals surface area contributed by atoms with Gasteiger partial charge in [-0.25, -0.2) is 0 Å². The maximum absolute atomic E-state index is 13.0. The van der Waals surface area contributed by atoms with E-state index in [0.29, 0.717) is 6.04 Å². The Hall–Kier alpha value is -3.18. The number of fused-ring (bicyclic) bond motifs is 5. The van der Waals surface area contributed by atoms with E-state index in [1.54, 1.807) is 10.6 Å². The summed E-state index contributed by atoms with van der Waals surface area (Å²) >= 11 is 0. The van der Waals surface area contributed by atoms with Gasteiger partial charge in [0.25, 0.3) is 5.56 Å². The quantitative estimate of drug-likeness (QED) is 0.492.